The van der Waals surface area contributed by atoms with Gasteiger partial charge in [-0.05, 0) is 51.5 Å². The predicted molar refractivity (Wildman–Crippen MR) is 177 cm³/mol. The molecular formula is C36H48N2O10. The summed E-state index contributed by atoms with van der Waals surface area (Å²) in [5.41, 5.74) is 0.216. The molecule has 1 saturated carbocycles. The number of amides is 2. The number of nitrogens with one attached hydrogen (secondary N) is 2. The zero-order valence-corrected chi connectivity index (χ0v) is 28.1. The first kappa shape index (κ1) is 38.3. The van der Waals surface area contributed by atoms with E-state index in [0.717, 1.165) is 38.2 Å². The fourth-order valence-electron chi connectivity index (χ4n) is 5.72. The molecule has 12 heteroatoms. The largest absolute Gasteiger partial charge is 0.505 e. The van der Waals surface area contributed by atoms with Gasteiger partial charge in [0.2, 0.25) is 23.4 Å². The van der Waals surface area contributed by atoms with Gasteiger partial charge in [-0.25, -0.2) is 4.79 Å². The number of aliphatic hydroxyl groups is 2. The summed E-state index contributed by atoms with van der Waals surface area (Å²) in [6, 6.07) is -0.962. The van der Waals surface area contributed by atoms with Gasteiger partial charge >= 0.3 is 5.97 Å². The Balaban J connectivity index is 1.82. The molecule has 0 aromatic carbocycles. The van der Waals surface area contributed by atoms with Gasteiger partial charge in [-0.1, -0.05) is 68.7 Å². The molecule has 1 heterocycles. The minimum Gasteiger partial charge on any atom is -0.505 e. The molecule has 0 spiro atoms. The maximum Gasteiger partial charge on any atom is 0.364 e. The van der Waals surface area contributed by atoms with Gasteiger partial charge < -0.3 is 25.6 Å². The van der Waals surface area contributed by atoms with Gasteiger partial charge in [-0.2, -0.15) is 4.89 Å². The number of aliphatic hydroxyl groups excluding tert-OH is 2. The summed E-state index contributed by atoms with van der Waals surface area (Å²) >= 11 is 0. The van der Waals surface area contributed by atoms with E-state index in [1.54, 1.807) is 56.4 Å². The molecule has 2 aliphatic carbocycles. The Hall–Kier alpha value is -4.13. The Kier molecular flexibility index (Phi) is 15.2. The standard InChI is InChI=1S/C36H48N2O10/c1-22-14-13-18-27-32(42)28(21-30(40)33(27)43)38-31(41)20-26(46-4)17-11-6-5-7-12-19-29(39)23(2)34(22)47-48-36(45)24(3)37-35(44)25-15-9-8-10-16-25/h5-7,11-12,14,17,21,23-26,29,34,39,42H,8-10,13,15-16,18-20H2,1-4H3,(H,37,44)(H,38,41)/b6-5+,12-7+,17-11-,22-14+. The van der Waals surface area contributed by atoms with Crippen LogP contribution in [0.2, 0.25) is 0 Å². The van der Waals surface area contributed by atoms with E-state index in [-0.39, 0.29) is 48.8 Å². The highest BCUT2D eigenvalue weighted by Crippen LogP contribution is 2.27. The third-order valence-electron chi connectivity index (χ3n) is 8.77. The number of carbonyl (C=O) groups excluding carboxylic acids is 5. The van der Waals surface area contributed by atoms with Crippen LogP contribution in [0.5, 0.6) is 0 Å². The highest BCUT2D eigenvalue weighted by Gasteiger charge is 2.32. The number of carbonyl (C=O) groups is 5. The van der Waals surface area contributed by atoms with Crippen LogP contribution in [0, 0.1) is 11.8 Å². The summed E-state index contributed by atoms with van der Waals surface area (Å²) in [4.78, 5) is 74.1. The van der Waals surface area contributed by atoms with E-state index in [9.17, 15) is 34.2 Å². The van der Waals surface area contributed by atoms with Crippen molar-refractivity contribution in [1.29, 1.82) is 0 Å². The summed E-state index contributed by atoms with van der Waals surface area (Å²) < 4.78 is 5.34. The minimum atomic E-state index is -0.962. The lowest BCUT2D eigenvalue weighted by Gasteiger charge is -2.28. The van der Waals surface area contributed by atoms with E-state index in [4.69, 9.17) is 14.5 Å². The number of rotatable bonds is 6. The number of ether oxygens (including phenoxy) is 1. The highest BCUT2D eigenvalue weighted by atomic mass is 17.2. The van der Waals surface area contributed by atoms with Crippen LogP contribution >= 0.6 is 0 Å². The summed E-state index contributed by atoms with van der Waals surface area (Å²) in [6.07, 6.45) is 15.3. The van der Waals surface area contributed by atoms with Crippen molar-refractivity contribution >= 4 is 29.4 Å². The SMILES string of the molecule is COC1\C=C/C=C/C=C/CC(O)C(C)C(OOC(=O)C(C)NC(=O)C2CCCCC2)/C(C)=C/CCC2=C(O)C(=CC(=O)C2=O)NC(=O)C1. The molecule has 2 bridgehead atoms. The van der Waals surface area contributed by atoms with Crippen LogP contribution in [0.3, 0.4) is 0 Å². The summed E-state index contributed by atoms with van der Waals surface area (Å²) in [5, 5.41) is 27.1. The normalized spacial score (nSPS) is 29.2. The second-order valence-corrected chi connectivity index (χ2v) is 12.4. The van der Waals surface area contributed by atoms with E-state index in [2.05, 4.69) is 10.6 Å². The zero-order valence-electron chi connectivity index (χ0n) is 28.1. The van der Waals surface area contributed by atoms with Crippen LogP contribution in [0.4, 0.5) is 0 Å². The molecule has 48 heavy (non-hydrogen) atoms. The van der Waals surface area contributed by atoms with Crippen molar-refractivity contribution < 1.29 is 48.7 Å². The average Bonchev–Trinajstić information content (AvgIpc) is 3.07. The Bertz CT molecular complexity index is 1380. The zero-order chi connectivity index (χ0) is 35.2. The Labute approximate surface area is 281 Å². The predicted octanol–water partition coefficient (Wildman–Crippen LogP) is 4.08. The minimum absolute atomic E-state index is 0.0491. The number of methoxy groups -OCH3 is 1. The number of fused-ring (bicyclic) bond motifs is 1. The fraction of sp³-hybridized carbons (Fsp3) is 0.528. The lowest BCUT2D eigenvalue weighted by Crippen LogP contribution is -2.43. The maximum absolute atomic E-state index is 12.8. The summed E-state index contributed by atoms with van der Waals surface area (Å²) in [6.45, 7) is 4.95. The molecule has 3 aliphatic rings. The number of ketones is 2. The second kappa shape index (κ2) is 19.0. The highest BCUT2D eigenvalue weighted by molar-refractivity contribution is 6.48. The molecule has 0 aromatic heterocycles. The molecule has 5 unspecified atom stereocenters. The van der Waals surface area contributed by atoms with E-state index in [1.807, 2.05) is 0 Å². The number of hydrogen-bond donors (Lipinski definition) is 4. The number of Topliss-reactive ketones (excluding diaryl/α,β-unsaturated/α-hetero) is 1. The van der Waals surface area contributed by atoms with Gasteiger partial charge in [0.15, 0.2) is 0 Å². The van der Waals surface area contributed by atoms with Gasteiger partial charge in [-0.3, -0.25) is 24.1 Å². The van der Waals surface area contributed by atoms with E-state index in [1.165, 1.54) is 14.0 Å². The molecule has 2 amide bonds. The van der Waals surface area contributed by atoms with Crippen LogP contribution in [0.1, 0.15) is 78.6 Å². The second-order valence-electron chi connectivity index (χ2n) is 12.4. The molecule has 4 N–H and O–H groups in total. The smallest absolute Gasteiger partial charge is 0.364 e. The van der Waals surface area contributed by atoms with Crippen LogP contribution in [0.15, 0.2) is 71.2 Å². The topological polar surface area (TPSA) is 178 Å². The van der Waals surface area contributed by atoms with Crippen molar-refractivity contribution in [2.45, 2.75) is 103 Å². The van der Waals surface area contributed by atoms with E-state index >= 15 is 0 Å². The lowest BCUT2D eigenvalue weighted by molar-refractivity contribution is -0.302. The molecule has 3 rings (SSSR count). The van der Waals surface area contributed by atoms with Gasteiger partial charge in [0, 0.05) is 30.6 Å². The lowest BCUT2D eigenvalue weighted by atomic mass is 9.88. The summed E-state index contributed by atoms with van der Waals surface area (Å²) in [7, 11) is 1.44. The van der Waals surface area contributed by atoms with Gasteiger partial charge in [0.05, 0.1) is 24.3 Å². The molecule has 12 nitrogen and oxygen atoms in total. The molecule has 1 aliphatic heterocycles. The quantitative estimate of drug-likeness (QED) is 0.106. The van der Waals surface area contributed by atoms with Crippen molar-refractivity contribution in [3.8, 4) is 0 Å². The fourth-order valence-corrected chi connectivity index (χ4v) is 5.72. The van der Waals surface area contributed by atoms with Crippen molar-refractivity contribution in [2.75, 3.05) is 7.11 Å². The average molecular weight is 669 g/mol. The molecule has 0 radical (unpaired) electrons. The van der Waals surface area contributed by atoms with E-state index in [0.29, 0.717) is 5.57 Å². The third-order valence-corrected chi connectivity index (χ3v) is 8.77. The van der Waals surface area contributed by atoms with Gasteiger partial charge in [-0.15, -0.1) is 0 Å². The van der Waals surface area contributed by atoms with Crippen molar-refractivity contribution in [3.63, 3.8) is 0 Å². The third kappa shape index (κ3) is 11.2. The maximum atomic E-state index is 12.8. The van der Waals surface area contributed by atoms with Gasteiger partial charge in [0.1, 0.15) is 17.9 Å². The number of allylic oxidation sites excluding steroid dienone is 7. The van der Waals surface area contributed by atoms with Crippen molar-refractivity contribution in [3.05, 3.63) is 71.2 Å². The molecule has 5 atom stereocenters. The first-order chi connectivity index (χ1) is 22.9. The van der Waals surface area contributed by atoms with Crippen LogP contribution in [-0.4, -0.2) is 71.0 Å². The molecule has 0 aromatic rings. The van der Waals surface area contributed by atoms with Crippen LogP contribution in [0.25, 0.3) is 0 Å². The molecule has 262 valence electrons. The number of hydrogen-bond acceptors (Lipinski definition) is 10. The van der Waals surface area contributed by atoms with Crippen LogP contribution in [-0.2, 0) is 38.5 Å². The first-order valence-corrected chi connectivity index (χ1v) is 16.5. The molecule has 1 fully saturated rings. The Morgan fingerprint density at radius 3 is 2.48 bits per heavy atom. The van der Waals surface area contributed by atoms with Gasteiger partial charge in [0.25, 0.3) is 0 Å². The van der Waals surface area contributed by atoms with Crippen molar-refractivity contribution in [2.24, 2.45) is 11.8 Å². The molecular weight excluding hydrogens is 620 g/mol. The first-order valence-electron chi connectivity index (χ1n) is 16.5. The monoisotopic (exact) mass is 668 g/mol. The van der Waals surface area contributed by atoms with E-state index < -0.39 is 59.5 Å². The van der Waals surface area contributed by atoms with Crippen LogP contribution < -0.4 is 10.6 Å². The Morgan fingerprint density at radius 1 is 1.06 bits per heavy atom. The van der Waals surface area contributed by atoms with Crippen molar-refractivity contribution in [1.82, 2.24) is 10.6 Å². The summed E-state index contributed by atoms with van der Waals surface area (Å²) in [5.74, 6) is -4.52. The molecule has 0 saturated heterocycles. The Morgan fingerprint density at radius 2 is 1.77 bits per heavy atom.